The van der Waals surface area contributed by atoms with Crippen LogP contribution in [0.3, 0.4) is 0 Å². The molecule has 2 aromatic carbocycles. The van der Waals surface area contributed by atoms with E-state index in [1.807, 2.05) is 63.2 Å². The Hall–Kier alpha value is -2.51. The van der Waals surface area contributed by atoms with E-state index < -0.39 is 10.0 Å². The molecule has 0 N–H and O–H groups in total. The van der Waals surface area contributed by atoms with Gasteiger partial charge in [-0.15, -0.1) is 0 Å². The molecular weight excluding hydrogens is 386 g/mol. The van der Waals surface area contributed by atoms with Gasteiger partial charge in [0.05, 0.1) is 4.90 Å². The minimum atomic E-state index is -3.51. The maximum absolute atomic E-state index is 13.2. The van der Waals surface area contributed by atoms with Gasteiger partial charge in [-0.05, 0) is 56.9 Å². The van der Waals surface area contributed by atoms with Crippen molar-refractivity contribution in [3.8, 4) is 11.5 Å². The van der Waals surface area contributed by atoms with Crippen LogP contribution in [0.2, 0.25) is 0 Å². The van der Waals surface area contributed by atoms with Crippen molar-refractivity contribution in [1.82, 2.24) is 14.4 Å². The second-order valence-electron chi connectivity index (χ2n) is 7.73. The zero-order valence-electron chi connectivity index (χ0n) is 16.9. The Morgan fingerprint density at radius 2 is 1.62 bits per heavy atom. The minimum absolute atomic E-state index is 0.0999. The van der Waals surface area contributed by atoms with E-state index in [1.165, 1.54) is 0 Å². The Labute approximate surface area is 171 Å². The lowest BCUT2D eigenvalue weighted by atomic mass is 9.97. The number of piperidine rings is 1. The first-order chi connectivity index (χ1) is 13.9. The molecule has 0 spiro atoms. The standard InChI is InChI=1S/C22H25N3O3S/c1-15-13-16(2)20(17(3)14-15)29(26,27)25-11-9-18(10-12-25)21-23-22(28-24-21)19-7-5-4-6-8-19/h4-8,13-14,18H,9-12H2,1-3H3. The minimum Gasteiger partial charge on any atom is -0.334 e. The van der Waals surface area contributed by atoms with Gasteiger partial charge >= 0.3 is 0 Å². The van der Waals surface area contributed by atoms with Crippen LogP contribution in [0.25, 0.3) is 11.5 Å². The van der Waals surface area contributed by atoms with Crippen LogP contribution in [0, 0.1) is 20.8 Å². The predicted octanol–water partition coefficient (Wildman–Crippen LogP) is 4.23. The summed E-state index contributed by atoms with van der Waals surface area (Å²) in [5.41, 5.74) is 3.56. The molecule has 1 saturated heterocycles. The molecule has 1 aromatic heterocycles. The van der Waals surface area contributed by atoms with Gasteiger partial charge in [0.1, 0.15) is 0 Å². The van der Waals surface area contributed by atoms with Crippen molar-refractivity contribution in [1.29, 1.82) is 0 Å². The van der Waals surface area contributed by atoms with Crippen LogP contribution in [-0.4, -0.2) is 36.0 Å². The van der Waals surface area contributed by atoms with Crippen molar-refractivity contribution in [2.24, 2.45) is 0 Å². The fourth-order valence-electron chi connectivity index (χ4n) is 4.16. The third-order valence-electron chi connectivity index (χ3n) is 5.48. The smallest absolute Gasteiger partial charge is 0.257 e. The van der Waals surface area contributed by atoms with Gasteiger partial charge in [-0.2, -0.15) is 9.29 Å². The van der Waals surface area contributed by atoms with E-state index in [-0.39, 0.29) is 5.92 Å². The van der Waals surface area contributed by atoms with Crippen LogP contribution in [-0.2, 0) is 10.0 Å². The first kappa shape index (κ1) is 19.8. The Morgan fingerprint density at radius 3 is 2.24 bits per heavy atom. The Kier molecular flexibility index (Phi) is 5.27. The van der Waals surface area contributed by atoms with Crippen LogP contribution < -0.4 is 0 Å². The van der Waals surface area contributed by atoms with Gasteiger partial charge in [0.25, 0.3) is 5.89 Å². The molecule has 0 unspecified atom stereocenters. The zero-order chi connectivity index (χ0) is 20.6. The summed E-state index contributed by atoms with van der Waals surface area (Å²) in [5, 5.41) is 4.15. The fourth-order valence-corrected chi connectivity index (χ4v) is 6.04. The summed E-state index contributed by atoms with van der Waals surface area (Å²) in [4.78, 5) is 4.98. The Bertz CT molecular complexity index is 1090. The molecule has 0 atom stereocenters. The number of aromatic nitrogens is 2. The van der Waals surface area contributed by atoms with E-state index >= 15 is 0 Å². The highest BCUT2D eigenvalue weighted by molar-refractivity contribution is 7.89. The van der Waals surface area contributed by atoms with Crippen LogP contribution in [0.15, 0.2) is 51.9 Å². The highest BCUT2D eigenvalue weighted by Crippen LogP contribution is 2.32. The van der Waals surface area contributed by atoms with Crippen LogP contribution in [0.5, 0.6) is 0 Å². The number of hydrogen-bond acceptors (Lipinski definition) is 5. The summed E-state index contributed by atoms with van der Waals surface area (Å²) in [6, 6.07) is 13.5. The predicted molar refractivity (Wildman–Crippen MR) is 111 cm³/mol. The highest BCUT2D eigenvalue weighted by Gasteiger charge is 2.33. The normalized spacial score (nSPS) is 16.2. The molecule has 6 nitrogen and oxygen atoms in total. The van der Waals surface area contributed by atoms with Gasteiger partial charge in [0.15, 0.2) is 5.82 Å². The number of aryl methyl sites for hydroxylation is 3. The molecule has 1 aliphatic heterocycles. The van der Waals surface area contributed by atoms with E-state index in [0.717, 1.165) is 22.3 Å². The lowest BCUT2D eigenvalue weighted by Gasteiger charge is -2.30. The average molecular weight is 412 g/mol. The molecule has 0 saturated carbocycles. The number of nitrogens with zero attached hydrogens (tertiary/aromatic N) is 3. The van der Waals surface area contributed by atoms with E-state index in [2.05, 4.69) is 10.1 Å². The number of hydrogen-bond donors (Lipinski definition) is 0. The van der Waals surface area contributed by atoms with E-state index in [1.54, 1.807) is 4.31 Å². The molecule has 1 fully saturated rings. The lowest BCUT2D eigenvalue weighted by molar-refractivity contribution is 0.307. The molecule has 2 heterocycles. The molecule has 0 amide bonds. The number of sulfonamides is 1. The molecule has 1 aliphatic rings. The maximum atomic E-state index is 13.2. The summed E-state index contributed by atoms with van der Waals surface area (Å²) in [6.07, 6.45) is 1.36. The Morgan fingerprint density at radius 1 is 1.00 bits per heavy atom. The largest absolute Gasteiger partial charge is 0.334 e. The van der Waals surface area contributed by atoms with Gasteiger partial charge in [-0.1, -0.05) is 41.1 Å². The third-order valence-corrected chi connectivity index (χ3v) is 7.69. The number of rotatable bonds is 4. The number of benzene rings is 2. The third kappa shape index (κ3) is 3.84. The van der Waals surface area contributed by atoms with Crippen LogP contribution >= 0.6 is 0 Å². The summed E-state index contributed by atoms with van der Waals surface area (Å²) in [5.74, 6) is 1.26. The molecule has 0 aliphatic carbocycles. The Balaban J connectivity index is 1.49. The summed E-state index contributed by atoms with van der Waals surface area (Å²) >= 11 is 0. The van der Waals surface area contributed by atoms with E-state index in [9.17, 15) is 8.42 Å². The molecule has 0 radical (unpaired) electrons. The maximum Gasteiger partial charge on any atom is 0.257 e. The summed E-state index contributed by atoms with van der Waals surface area (Å²) in [6.45, 7) is 6.62. The molecule has 4 rings (SSSR count). The monoisotopic (exact) mass is 411 g/mol. The molecule has 29 heavy (non-hydrogen) atoms. The first-order valence-electron chi connectivity index (χ1n) is 9.83. The molecule has 3 aromatic rings. The van der Waals surface area contributed by atoms with Gasteiger partial charge in [-0.3, -0.25) is 0 Å². The molecule has 0 bridgehead atoms. The quantitative estimate of drug-likeness (QED) is 0.642. The van der Waals surface area contributed by atoms with Gasteiger partial charge < -0.3 is 4.52 Å². The zero-order valence-corrected chi connectivity index (χ0v) is 17.7. The molecular formula is C22H25N3O3S. The summed E-state index contributed by atoms with van der Waals surface area (Å²) in [7, 11) is -3.51. The first-order valence-corrected chi connectivity index (χ1v) is 11.3. The highest BCUT2D eigenvalue weighted by atomic mass is 32.2. The van der Waals surface area contributed by atoms with Gasteiger partial charge in [0.2, 0.25) is 10.0 Å². The molecule has 7 heteroatoms. The van der Waals surface area contributed by atoms with Crippen molar-refractivity contribution >= 4 is 10.0 Å². The second-order valence-corrected chi connectivity index (χ2v) is 9.60. The van der Waals surface area contributed by atoms with Crippen molar-refractivity contribution in [3.05, 3.63) is 65.0 Å². The van der Waals surface area contributed by atoms with Crippen LogP contribution in [0.1, 0.15) is 41.3 Å². The van der Waals surface area contributed by atoms with E-state index in [0.29, 0.717) is 42.5 Å². The topological polar surface area (TPSA) is 76.3 Å². The average Bonchev–Trinajstić information content (AvgIpc) is 3.18. The second kappa shape index (κ2) is 7.72. The van der Waals surface area contributed by atoms with Gasteiger partial charge in [0, 0.05) is 24.6 Å². The molecule has 152 valence electrons. The van der Waals surface area contributed by atoms with Gasteiger partial charge in [-0.25, -0.2) is 8.42 Å². The van der Waals surface area contributed by atoms with Crippen LogP contribution in [0.4, 0.5) is 0 Å². The van der Waals surface area contributed by atoms with E-state index in [4.69, 9.17) is 4.52 Å². The lowest BCUT2D eigenvalue weighted by Crippen LogP contribution is -2.38. The summed E-state index contributed by atoms with van der Waals surface area (Å²) < 4.78 is 33.5. The van der Waals surface area contributed by atoms with Crippen molar-refractivity contribution < 1.29 is 12.9 Å². The van der Waals surface area contributed by atoms with Crippen molar-refractivity contribution in [2.75, 3.05) is 13.1 Å². The van der Waals surface area contributed by atoms with Crippen molar-refractivity contribution in [2.45, 2.75) is 44.4 Å². The SMILES string of the molecule is Cc1cc(C)c(S(=O)(=O)N2CCC(c3noc(-c4ccccc4)n3)CC2)c(C)c1. The fraction of sp³-hybridized carbons (Fsp3) is 0.364. The van der Waals surface area contributed by atoms with Crippen molar-refractivity contribution in [3.63, 3.8) is 0 Å².